The van der Waals surface area contributed by atoms with Crippen LogP contribution in [0, 0.1) is 23.7 Å². The van der Waals surface area contributed by atoms with Crippen molar-refractivity contribution < 1.29 is 47.7 Å². The van der Waals surface area contributed by atoms with E-state index < -0.39 is 61.9 Å². The minimum Gasteiger partial charge on any atom is -0.461 e. The molecule has 2 saturated carbocycles. The number of esters is 4. The summed E-state index contributed by atoms with van der Waals surface area (Å²) in [7, 11) is 0. The molecule has 6 fully saturated rings. The molecule has 4 N–H and O–H groups in total. The molecular weight excluding hydrogens is 881 g/mol. The number of hydrogen-bond acceptors (Lipinski definition) is 14. The molecule has 392 valence electrons. The Morgan fingerprint density at radius 2 is 0.536 bits per heavy atom. The van der Waals surface area contributed by atoms with E-state index in [9.17, 15) is 28.8 Å². The van der Waals surface area contributed by atoms with Crippen molar-refractivity contribution >= 4 is 35.7 Å². The molecule has 2 aliphatic carbocycles. The lowest BCUT2D eigenvalue weighted by molar-refractivity contribution is -0.165. The van der Waals surface area contributed by atoms with E-state index in [0.717, 1.165) is 0 Å². The molecule has 0 spiro atoms. The van der Waals surface area contributed by atoms with Crippen molar-refractivity contribution in [3.8, 4) is 0 Å². The Hall–Kier alpha value is -3.34. The Labute approximate surface area is 413 Å². The van der Waals surface area contributed by atoms with E-state index in [0.29, 0.717) is 70.6 Å². The maximum absolute atomic E-state index is 14.7. The minimum atomic E-state index is -0.586. The third kappa shape index (κ3) is 15.3. The predicted octanol–water partition coefficient (Wildman–Crippen LogP) is 5.72. The molecule has 4 heterocycles. The molecule has 2 amide bonds. The van der Waals surface area contributed by atoms with Gasteiger partial charge in [-0.25, -0.2) is 0 Å². The number of carbonyl (C=O) groups excluding carboxylic acids is 6. The Kier molecular flexibility index (Phi) is 15.6. The van der Waals surface area contributed by atoms with Crippen LogP contribution in [-0.2, 0) is 47.7 Å². The average Bonchev–Trinajstić information content (AvgIpc) is 3.70. The van der Waals surface area contributed by atoms with Crippen LogP contribution in [-0.4, -0.2) is 140 Å². The van der Waals surface area contributed by atoms with Crippen LogP contribution in [0.5, 0.6) is 0 Å². The average molecular weight is 971 g/mol. The molecule has 69 heavy (non-hydrogen) atoms. The van der Waals surface area contributed by atoms with Crippen LogP contribution < -0.4 is 21.3 Å². The standard InChI is InChI=1S/C53H90N6O10/c1-46(2)20-34(21-47(3,4)54-46)66-40(60)28-58(29-41(61)67-35-22-48(5,6)55-49(7,8)23-35)44(64)38-18-33-17-32(38)19-39(33)45(65)59(30-42(62)68-36-24-50(9,10)56-51(11,12)25-36)31-43(63)69-37-26-52(13,14)57-53(15,16)27-37/h32-39,54-57H,17-31H2,1-16H3. The molecule has 2 bridgehead atoms. The minimum absolute atomic E-state index is 0.220. The Bertz CT molecular complexity index is 1650. The zero-order valence-corrected chi connectivity index (χ0v) is 45.2. The van der Waals surface area contributed by atoms with Crippen molar-refractivity contribution in [2.24, 2.45) is 23.7 Å². The number of hydrogen-bond donors (Lipinski definition) is 4. The monoisotopic (exact) mass is 971 g/mol. The van der Waals surface area contributed by atoms with E-state index in [2.05, 4.69) is 132 Å². The highest BCUT2D eigenvalue weighted by atomic mass is 16.6. The lowest BCUT2D eigenvalue weighted by atomic mass is 9.80. The van der Waals surface area contributed by atoms with Gasteiger partial charge in [0.1, 0.15) is 50.6 Å². The van der Waals surface area contributed by atoms with Crippen LogP contribution in [0.4, 0.5) is 0 Å². The van der Waals surface area contributed by atoms with Crippen LogP contribution in [0.3, 0.4) is 0 Å². The fraction of sp³-hybridized carbons (Fsp3) is 0.887. The topological polar surface area (TPSA) is 194 Å². The molecule has 0 aromatic rings. The lowest BCUT2D eigenvalue weighted by Gasteiger charge is -2.46. The number of nitrogens with one attached hydrogen (secondary N) is 4. The highest BCUT2D eigenvalue weighted by Gasteiger charge is 2.54. The van der Waals surface area contributed by atoms with Crippen LogP contribution >= 0.6 is 0 Å². The van der Waals surface area contributed by atoms with E-state index >= 15 is 0 Å². The summed E-state index contributed by atoms with van der Waals surface area (Å²) in [6.45, 7) is 31.5. The summed E-state index contributed by atoms with van der Waals surface area (Å²) < 4.78 is 24.3. The van der Waals surface area contributed by atoms with Crippen LogP contribution in [0.2, 0.25) is 0 Å². The summed E-state index contributed by atoms with van der Waals surface area (Å²) >= 11 is 0. The molecule has 0 aromatic heterocycles. The summed E-state index contributed by atoms with van der Waals surface area (Å²) in [5.41, 5.74) is -2.23. The molecule has 4 saturated heterocycles. The SMILES string of the molecule is CC1(C)CC(OC(=O)CN(CC(=O)OC2CC(C)(C)NC(C)(C)C2)C(=O)C2CC3CC2CC3C(=O)N(CC(=O)OC2CC(C)(C)NC(C)(C)C2)CC(=O)OC2CC(C)(C)NC(C)(C)C2)CC(C)(C)N1. The highest BCUT2D eigenvalue weighted by Crippen LogP contribution is 2.53. The molecule has 16 heteroatoms. The third-order valence-electron chi connectivity index (χ3n) is 15.2. The first-order chi connectivity index (χ1) is 31.4. The second-order valence-electron chi connectivity index (χ2n) is 27.5. The lowest BCUT2D eigenvalue weighted by Crippen LogP contribution is -2.60. The van der Waals surface area contributed by atoms with Crippen molar-refractivity contribution in [1.29, 1.82) is 0 Å². The molecule has 4 atom stereocenters. The molecular formula is C53H90N6O10. The molecule has 4 unspecified atom stereocenters. The van der Waals surface area contributed by atoms with Crippen molar-refractivity contribution in [3.63, 3.8) is 0 Å². The van der Waals surface area contributed by atoms with E-state index in [1.54, 1.807) is 0 Å². The summed E-state index contributed by atoms with van der Waals surface area (Å²) in [4.78, 5) is 87.3. The van der Waals surface area contributed by atoms with Gasteiger partial charge in [0.2, 0.25) is 11.8 Å². The first-order valence-corrected chi connectivity index (χ1v) is 25.9. The largest absolute Gasteiger partial charge is 0.461 e. The number of nitrogens with zero attached hydrogens (tertiary/aromatic N) is 2. The van der Waals surface area contributed by atoms with Crippen LogP contribution in [0.25, 0.3) is 0 Å². The Morgan fingerprint density at radius 1 is 0.348 bits per heavy atom. The fourth-order valence-electron chi connectivity index (χ4n) is 14.5. The first-order valence-electron chi connectivity index (χ1n) is 25.9. The number of amides is 2. The first kappa shape index (κ1) is 55.0. The second-order valence-corrected chi connectivity index (χ2v) is 27.5. The Morgan fingerprint density at radius 3 is 0.710 bits per heavy atom. The normalized spacial score (nSPS) is 29.9. The van der Waals surface area contributed by atoms with E-state index in [1.165, 1.54) is 9.80 Å². The maximum atomic E-state index is 14.7. The number of rotatable bonds is 14. The number of carbonyl (C=O) groups is 6. The maximum Gasteiger partial charge on any atom is 0.325 e. The molecule has 6 aliphatic rings. The fourth-order valence-corrected chi connectivity index (χ4v) is 14.5. The van der Waals surface area contributed by atoms with Crippen LogP contribution in [0.15, 0.2) is 0 Å². The van der Waals surface area contributed by atoms with E-state index in [-0.39, 0.29) is 92.4 Å². The second kappa shape index (κ2) is 19.6. The van der Waals surface area contributed by atoms with Gasteiger partial charge in [-0.05, 0) is 142 Å². The molecule has 0 aromatic carbocycles. The van der Waals surface area contributed by atoms with Gasteiger partial charge in [-0.3, -0.25) is 28.8 Å². The van der Waals surface area contributed by atoms with Crippen molar-refractivity contribution in [2.45, 2.75) is 250 Å². The highest BCUT2D eigenvalue weighted by molar-refractivity contribution is 5.90. The van der Waals surface area contributed by atoms with Crippen molar-refractivity contribution in [3.05, 3.63) is 0 Å². The Balaban J connectivity index is 1.16. The van der Waals surface area contributed by atoms with Gasteiger partial charge in [-0.2, -0.15) is 0 Å². The summed E-state index contributed by atoms with van der Waals surface area (Å²) in [6, 6.07) is 0. The molecule has 6 rings (SSSR count). The summed E-state index contributed by atoms with van der Waals surface area (Å²) in [6.07, 6.45) is 4.52. The van der Waals surface area contributed by atoms with Gasteiger partial charge >= 0.3 is 23.9 Å². The third-order valence-corrected chi connectivity index (χ3v) is 15.2. The van der Waals surface area contributed by atoms with Crippen molar-refractivity contribution in [2.75, 3.05) is 26.2 Å². The zero-order chi connectivity index (χ0) is 51.5. The van der Waals surface area contributed by atoms with Gasteiger partial charge < -0.3 is 50.0 Å². The van der Waals surface area contributed by atoms with Gasteiger partial charge in [0, 0.05) is 108 Å². The van der Waals surface area contributed by atoms with Gasteiger partial charge in [-0.15, -0.1) is 0 Å². The smallest absolute Gasteiger partial charge is 0.325 e. The number of piperidine rings is 4. The van der Waals surface area contributed by atoms with Gasteiger partial charge in [0.25, 0.3) is 0 Å². The predicted molar refractivity (Wildman–Crippen MR) is 263 cm³/mol. The van der Waals surface area contributed by atoms with Gasteiger partial charge in [0.05, 0.1) is 0 Å². The zero-order valence-electron chi connectivity index (χ0n) is 45.2. The number of fused-ring (bicyclic) bond motifs is 2. The number of ether oxygens (including phenoxy) is 4. The molecule has 4 aliphatic heterocycles. The van der Waals surface area contributed by atoms with Gasteiger partial charge in [0.15, 0.2) is 0 Å². The van der Waals surface area contributed by atoms with E-state index in [1.807, 2.05) is 0 Å². The van der Waals surface area contributed by atoms with Crippen LogP contribution in [0.1, 0.15) is 181 Å². The van der Waals surface area contributed by atoms with Crippen molar-refractivity contribution in [1.82, 2.24) is 31.1 Å². The summed E-state index contributed by atoms with van der Waals surface area (Å²) in [5, 5.41) is 14.4. The molecule has 16 nitrogen and oxygen atoms in total. The van der Waals surface area contributed by atoms with E-state index in [4.69, 9.17) is 18.9 Å². The molecule has 0 radical (unpaired) electrons. The summed E-state index contributed by atoms with van der Waals surface area (Å²) in [5.74, 6) is -4.56. The van der Waals surface area contributed by atoms with Gasteiger partial charge in [-0.1, -0.05) is 0 Å². The quantitative estimate of drug-likeness (QED) is 0.122.